The van der Waals surface area contributed by atoms with E-state index in [1.807, 2.05) is 6.07 Å². The Morgan fingerprint density at radius 1 is 1.25 bits per heavy atom. The van der Waals surface area contributed by atoms with Crippen molar-refractivity contribution in [2.45, 2.75) is 0 Å². The first-order chi connectivity index (χ1) is 9.56. The maximum Gasteiger partial charge on any atom is 0.270 e. The number of nitrogens with zero attached hydrogens (tertiary/aromatic N) is 2. The first-order valence-electron chi connectivity index (χ1n) is 5.59. The maximum absolute atomic E-state index is 14.0. The molecule has 0 saturated heterocycles. The predicted octanol–water partition coefficient (Wildman–Crippen LogP) is 3.28. The number of hydrogen-bond donors (Lipinski definition) is 0. The topological polar surface area (TPSA) is 76.2 Å². The van der Waals surface area contributed by atoms with E-state index in [1.165, 1.54) is 31.4 Å². The van der Waals surface area contributed by atoms with E-state index in [2.05, 4.69) is 0 Å². The largest absolute Gasteiger partial charge is 0.497 e. The van der Waals surface area contributed by atoms with Gasteiger partial charge in [0.25, 0.3) is 5.69 Å². The molecular weight excluding hydrogens is 263 g/mol. The molecule has 0 spiro atoms. The summed E-state index contributed by atoms with van der Waals surface area (Å²) in [7, 11) is 1.42. The summed E-state index contributed by atoms with van der Waals surface area (Å²) in [5, 5.41) is 19.7. The van der Waals surface area contributed by atoms with Crippen LogP contribution in [0.1, 0.15) is 5.56 Å². The number of benzene rings is 2. The van der Waals surface area contributed by atoms with Crippen LogP contribution in [0, 0.1) is 27.3 Å². The predicted molar refractivity (Wildman–Crippen MR) is 69.8 cm³/mol. The number of nitro benzene ring substituents is 1. The summed E-state index contributed by atoms with van der Waals surface area (Å²) in [6, 6.07) is 9.78. The maximum atomic E-state index is 14.0. The van der Waals surface area contributed by atoms with E-state index < -0.39 is 10.7 Å². The van der Waals surface area contributed by atoms with E-state index in [0.29, 0.717) is 11.3 Å². The molecule has 5 nitrogen and oxygen atoms in total. The molecule has 0 bridgehead atoms. The SMILES string of the molecule is COc1ccc(-c2ccc([N+](=O)[O-])cc2C#N)c(F)c1. The van der Waals surface area contributed by atoms with E-state index in [1.54, 1.807) is 6.07 Å². The second-order valence-electron chi connectivity index (χ2n) is 3.94. The molecule has 0 heterocycles. The average molecular weight is 272 g/mol. The van der Waals surface area contributed by atoms with Gasteiger partial charge in [0, 0.05) is 29.3 Å². The van der Waals surface area contributed by atoms with E-state index in [0.717, 1.165) is 6.07 Å². The van der Waals surface area contributed by atoms with Crippen LogP contribution in [0.25, 0.3) is 11.1 Å². The number of rotatable bonds is 3. The molecule has 0 aliphatic heterocycles. The van der Waals surface area contributed by atoms with Crippen molar-refractivity contribution < 1.29 is 14.1 Å². The van der Waals surface area contributed by atoms with Crippen LogP contribution in [-0.4, -0.2) is 12.0 Å². The third-order valence-corrected chi connectivity index (χ3v) is 2.80. The van der Waals surface area contributed by atoms with E-state index in [4.69, 9.17) is 10.00 Å². The molecule has 6 heteroatoms. The van der Waals surface area contributed by atoms with Gasteiger partial charge in [-0.05, 0) is 18.2 Å². The van der Waals surface area contributed by atoms with E-state index >= 15 is 0 Å². The lowest BCUT2D eigenvalue weighted by atomic mass is 9.99. The Morgan fingerprint density at radius 3 is 2.50 bits per heavy atom. The normalized spacial score (nSPS) is 9.85. The van der Waals surface area contributed by atoms with Gasteiger partial charge in [0.15, 0.2) is 0 Å². The Balaban J connectivity index is 2.58. The number of nitro groups is 1. The van der Waals surface area contributed by atoms with Crippen LogP contribution in [0.5, 0.6) is 5.75 Å². The molecule has 2 aromatic rings. The van der Waals surface area contributed by atoms with Crippen molar-refractivity contribution in [1.29, 1.82) is 5.26 Å². The monoisotopic (exact) mass is 272 g/mol. The van der Waals surface area contributed by atoms with Crippen LogP contribution in [0.15, 0.2) is 36.4 Å². The second-order valence-corrected chi connectivity index (χ2v) is 3.94. The Labute approximate surface area is 114 Å². The molecule has 0 aliphatic carbocycles. The highest BCUT2D eigenvalue weighted by Gasteiger charge is 2.15. The van der Waals surface area contributed by atoms with Crippen molar-refractivity contribution in [3.63, 3.8) is 0 Å². The summed E-state index contributed by atoms with van der Waals surface area (Å²) in [4.78, 5) is 10.1. The van der Waals surface area contributed by atoms with Gasteiger partial charge in [0.1, 0.15) is 17.6 Å². The average Bonchev–Trinajstić information content (AvgIpc) is 2.46. The molecule has 0 unspecified atom stereocenters. The van der Waals surface area contributed by atoms with Gasteiger partial charge < -0.3 is 4.74 Å². The molecule has 2 rings (SSSR count). The fourth-order valence-corrected chi connectivity index (χ4v) is 1.81. The minimum Gasteiger partial charge on any atom is -0.497 e. The Morgan fingerprint density at radius 2 is 1.95 bits per heavy atom. The molecular formula is C14H9FN2O3. The fourth-order valence-electron chi connectivity index (χ4n) is 1.81. The van der Waals surface area contributed by atoms with E-state index in [-0.39, 0.29) is 16.8 Å². The smallest absolute Gasteiger partial charge is 0.270 e. The molecule has 0 atom stereocenters. The van der Waals surface area contributed by atoms with Crippen molar-refractivity contribution in [2.75, 3.05) is 7.11 Å². The number of halogens is 1. The third kappa shape index (κ3) is 2.42. The minimum atomic E-state index is -0.602. The van der Waals surface area contributed by atoms with Crippen molar-refractivity contribution in [3.8, 4) is 22.9 Å². The molecule has 0 aliphatic rings. The zero-order valence-electron chi connectivity index (χ0n) is 10.5. The minimum absolute atomic E-state index is 0.0447. The number of non-ortho nitro benzene ring substituents is 1. The van der Waals surface area contributed by atoms with Gasteiger partial charge in [-0.3, -0.25) is 10.1 Å². The lowest BCUT2D eigenvalue weighted by molar-refractivity contribution is -0.384. The summed E-state index contributed by atoms with van der Waals surface area (Å²) in [5.74, 6) is -0.207. The molecule has 0 fully saturated rings. The van der Waals surface area contributed by atoms with Crippen LogP contribution >= 0.6 is 0 Å². The van der Waals surface area contributed by atoms with Gasteiger partial charge in [-0.2, -0.15) is 5.26 Å². The van der Waals surface area contributed by atoms with Crippen LogP contribution in [0.2, 0.25) is 0 Å². The summed E-state index contributed by atoms with van der Waals surface area (Å²) in [6.45, 7) is 0. The first-order valence-corrected chi connectivity index (χ1v) is 5.59. The van der Waals surface area contributed by atoms with Crippen LogP contribution in [0.3, 0.4) is 0 Å². The quantitative estimate of drug-likeness (QED) is 0.634. The van der Waals surface area contributed by atoms with Gasteiger partial charge in [-0.1, -0.05) is 0 Å². The van der Waals surface area contributed by atoms with E-state index in [9.17, 15) is 14.5 Å². The number of nitriles is 1. The highest BCUT2D eigenvalue weighted by Crippen LogP contribution is 2.30. The van der Waals surface area contributed by atoms with Crippen molar-refractivity contribution in [1.82, 2.24) is 0 Å². The van der Waals surface area contributed by atoms with Crippen LogP contribution < -0.4 is 4.74 Å². The molecule has 0 radical (unpaired) electrons. The fraction of sp³-hybridized carbons (Fsp3) is 0.0714. The third-order valence-electron chi connectivity index (χ3n) is 2.80. The zero-order valence-corrected chi connectivity index (χ0v) is 10.5. The highest BCUT2D eigenvalue weighted by atomic mass is 19.1. The van der Waals surface area contributed by atoms with Crippen LogP contribution in [0.4, 0.5) is 10.1 Å². The first kappa shape index (κ1) is 13.5. The van der Waals surface area contributed by atoms with Gasteiger partial charge in [0.2, 0.25) is 0 Å². The van der Waals surface area contributed by atoms with Gasteiger partial charge in [-0.15, -0.1) is 0 Å². The molecule has 0 aromatic heterocycles. The zero-order chi connectivity index (χ0) is 14.7. The number of hydrogen-bond acceptors (Lipinski definition) is 4. The molecule has 0 N–H and O–H groups in total. The Bertz CT molecular complexity index is 723. The molecule has 0 amide bonds. The van der Waals surface area contributed by atoms with Crippen molar-refractivity contribution >= 4 is 5.69 Å². The lowest BCUT2D eigenvalue weighted by Gasteiger charge is -2.07. The highest BCUT2D eigenvalue weighted by molar-refractivity contribution is 5.73. The Kier molecular flexibility index (Phi) is 3.62. The summed E-state index contributed by atoms with van der Waals surface area (Å²) in [6.07, 6.45) is 0. The Hall–Kier alpha value is -2.94. The lowest BCUT2D eigenvalue weighted by Crippen LogP contribution is -1.93. The van der Waals surface area contributed by atoms with Crippen LogP contribution in [-0.2, 0) is 0 Å². The molecule has 2 aromatic carbocycles. The number of methoxy groups -OCH3 is 1. The van der Waals surface area contributed by atoms with Crippen molar-refractivity contribution in [2.24, 2.45) is 0 Å². The summed E-state index contributed by atoms with van der Waals surface area (Å²) in [5.41, 5.74) is 0.331. The summed E-state index contributed by atoms with van der Waals surface area (Å²) >= 11 is 0. The van der Waals surface area contributed by atoms with Gasteiger partial charge in [-0.25, -0.2) is 4.39 Å². The summed E-state index contributed by atoms with van der Waals surface area (Å²) < 4.78 is 18.9. The second kappa shape index (κ2) is 5.36. The molecule has 0 saturated carbocycles. The van der Waals surface area contributed by atoms with Gasteiger partial charge in [0.05, 0.1) is 17.6 Å². The molecule has 100 valence electrons. The van der Waals surface area contributed by atoms with Gasteiger partial charge >= 0.3 is 0 Å². The van der Waals surface area contributed by atoms with Crippen molar-refractivity contribution in [3.05, 3.63) is 57.9 Å². The standard InChI is InChI=1S/C14H9FN2O3/c1-20-11-3-5-13(14(15)7-11)12-4-2-10(17(18)19)6-9(12)8-16/h2-7H,1H3. The number of ether oxygens (including phenoxy) is 1. The molecule has 20 heavy (non-hydrogen) atoms.